The monoisotopic (exact) mass is 542 g/mol. The summed E-state index contributed by atoms with van der Waals surface area (Å²) in [4.78, 5) is 46.0. The molecule has 2 heterocycles. The molecule has 5 N–H and O–H groups in total. The average Bonchev–Trinajstić information content (AvgIpc) is 3.54. The van der Waals surface area contributed by atoms with Gasteiger partial charge in [-0.25, -0.2) is 4.79 Å². The van der Waals surface area contributed by atoms with Gasteiger partial charge in [-0.1, -0.05) is 32.3 Å². The Bertz CT molecular complexity index is 854. The molecule has 2 aliphatic heterocycles. The van der Waals surface area contributed by atoms with Crippen molar-refractivity contribution in [2.45, 2.75) is 107 Å². The van der Waals surface area contributed by atoms with Gasteiger partial charge in [0.05, 0.1) is 12.1 Å². The van der Waals surface area contributed by atoms with Crippen LogP contribution in [0.4, 0.5) is 4.79 Å². The van der Waals surface area contributed by atoms with E-state index in [1.54, 1.807) is 6.08 Å². The summed E-state index contributed by atoms with van der Waals surface area (Å²) in [7, 11) is -3.24. The summed E-state index contributed by atoms with van der Waals surface area (Å²) in [6.45, 7) is 2.63. The number of thioether (sulfide) groups is 1. The van der Waals surface area contributed by atoms with Crippen molar-refractivity contribution in [1.29, 1.82) is 0 Å². The van der Waals surface area contributed by atoms with Crippen LogP contribution in [0.15, 0.2) is 11.4 Å². The summed E-state index contributed by atoms with van der Waals surface area (Å²) in [5.41, 5.74) is 0. The fourth-order valence-electron chi connectivity index (χ4n) is 5.08. The molecule has 0 aromatic rings. The Labute approximate surface area is 219 Å². The van der Waals surface area contributed by atoms with Gasteiger partial charge in [0.2, 0.25) is 19.2 Å². The number of hydrogen-bond donors (Lipinski definition) is 5. The van der Waals surface area contributed by atoms with E-state index in [1.807, 2.05) is 18.7 Å². The number of carbonyl (C=O) groups is 3. The van der Waals surface area contributed by atoms with Crippen LogP contribution in [0.25, 0.3) is 0 Å². The van der Waals surface area contributed by atoms with Crippen molar-refractivity contribution in [3.63, 3.8) is 0 Å². The number of amides is 4. The second-order valence-electron chi connectivity index (χ2n) is 10.2. The lowest BCUT2D eigenvalue weighted by Gasteiger charge is -2.16. The molecule has 0 radical (unpaired) electrons. The lowest BCUT2D eigenvalue weighted by Crippen LogP contribution is -2.36. The Morgan fingerprint density at radius 1 is 1.11 bits per heavy atom. The van der Waals surface area contributed by atoms with E-state index < -0.39 is 7.37 Å². The third kappa shape index (κ3) is 9.10. The Kier molecular flexibility index (Phi) is 11.6. The number of rotatable bonds is 16. The summed E-state index contributed by atoms with van der Waals surface area (Å²) < 4.78 is 12.4. The van der Waals surface area contributed by atoms with Crippen LogP contribution < -0.4 is 21.3 Å². The molecule has 0 saturated carbocycles. The Balaban J connectivity index is 1.16. The smallest absolute Gasteiger partial charge is 0.315 e. The van der Waals surface area contributed by atoms with Gasteiger partial charge in [0.15, 0.2) is 0 Å². The maximum atomic E-state index is 12.4. The molecular weight excluding hydrogens is 499 g/mol. The zero-order valence-electron chi connectivity index (χ0n) is 21.4. The van der Waals surface area contributed by atoms with E-state index in [9.17, 15) is 23.8 Å². The molecule has 9 nitrogen and oxygen atoms in total. The number of hydrogen-bond acceptors (Lipinski definition) is 5. The SMILES string of the molecule is CCCCP(=O)(O)C1=C[C@@H](NC(=O)CCCCCNC(=O)CCCC[C@@H]2SC[C@@H]3NC(=O)N[C@@H]32)CC1. The quantitative estimate of drug-likeness (QED) is 0.115. The van der Waals surface area contributed by atoms with Crippen LogP contribution in [-0.4, -0.2) is 64.6 Å². The average molecular weight is 543 g/mol. The van der Waals surface area contributed by atoms with Crippen molar-refractivity contribution in [1.82, 2.24) is 21.3 Å². The highest BCUT2D eigenvalue weighted by atomic mass is 32.2. The molecule has 4 amide bonds. The molecule has 3 aliphatic rings. The predicted octanol–water partition coefficient (Wildman–Crippen LogP) is 3.62. The summed E-state index contributed by atoms with van der Waals surface area (Å²) in [5, 5.41) is 12.9. The molecule has 0 aromatic carbocycles. The molecule has 1 aliphatic carbocycles. The van der Waals surface area contributed by atoms with E-state index in [1.165, 1.54) is 0 Å². The van der Waals surface area contributed by atoms with Crippen molar-refractivity contribution < 1.29 is 23.8 Å². The highest BCUT2D eigenvalue weighted by Crippen LogP contribution is 2.54. The zero-order chi connectivity index (χ0) is 26.0. The molecule has 3 rings (SSSR count). The van der Waals surface area contributed by atoms with Gasteiger partial charge in [-0.3, -0.25) is 14.2 Å². The predicted molar refractivity (Wildman–Crippen MR) is 144 cm³/mol. The van der Waals surface area contributed by atoms with E-state index in [0.717, 1.165) is 57.1 Å². The minimum Gasteiger partial charge on any atom is -0.356 e. The topological polar surface area (TPSA) is 137 Å². The van der Waals surface area contributed by atoms with Crippen molar-refractivity contribution >= 4 is 37.0 Å². The van der Waals surface area contributed by atoms with Gasteiger partial charge in [-0.2, -0.15) is 11.8 Å². The Morgan fingerprint density at radius 2 is 1.89 bits per heavy atom. The number of urea groups is 1. The minimum atomic E-state index is -3.24. The fourth-order valence-corrected chi connectivity index (χ4v) is 8.55. The van der Waals surface area contributed by atoms with E-state index in [0.29, 0.717) is 49.0 Å². The first-order chi connectivity index (χ1) is 17.3. The number of nitrogens with one attached hydrogen (secondary N) is 4. The summed E-state index contributed by atoms with van der Waals surface area (Å²) in [6, 6.07) is 0.265. The van der Waals surface area contributed by atoms with Crippen molar-refractivity contribution in [2.75, 3.05) is 18.5 Å². The van der Waals surface area contributed by atoms with Gasteiger partial charge < -0.3 is 26.2 Å². The first kappa shape index (κ1) is 29.1. The fraction of sp³-hybridized carbons (Fsp3) is 0.800. The minimum absolute atomic E-state index is 0.0254. The second-order valence-corrected chi connectivity index (χ2v) is 13.9. The molecular formula is C25H43N4O5PS. The van der Waals surface area contributed by atoms with Crippen molar-refractivity contribution in [3.8, 4) is 0 Å². The van der Waals surface area contributed by atoms with Crippen molar-refractivity contribution in [3.05, 3.63) is 11.4 Å². The lowest BCUT2D eigenvalue weighted by molar-refractivity contribution is -0.122. The maximum Gasteiger partial charge on any atom is 0.315 e. The van der Waals surface area contributed by atoms with E-state index in [-0.39, 0.29) is 36.0 Å². The van der Waals surface area contributed by atoms with Gasteiger partial charge in [0.1, 0.15) is 0 Å². The molecule has 0 bridgehead atoms. The largest absolute Gasteiger partial charge is 0.356 e. The van der Waals surface area contributed by atoms with Crippen LogP contribution in [-0.2, 0) is 14.2 Å². The lowest BCUT2D eigenvalue weighted by atomic mass is 10.0. The van der Waals surface area contributed by atoms with E-state index in [4.69, 9.17) is 0 Å². The highest BCUT2D eigenvalue weighted by molar-refractivity contribution is 8.00. The molecule has 11 heteroatoms. The normalized spacial score (nSPS) is 26.5. The van der Waals surface area contributed by atoms with Crippen LogP contribution in [0.3, 0.4) is 0 Å². The molecule has 2 fully saturated rings. The van der Waals surface area contributed by atoms with E-state index >= 15 is 0 Å². The van der Waals surface area contributed by atoms with Crippen LogP contribution in [0.5, 0.6) is 0 Å². The van der Waals surface area contributed by atoms with Crippen molar-refractivity contribution in [2.24, 2.45) is 0 Å². The number of carbonyl (C=O) groups excluding carboxylic acids is 3. The number of unbranched alkanes of at least 4 members (excludes halogenated alkanes) is 4. The van der Waals surface area contributed by atoms with Crippen LogP contribution in [0.1, 0.15) is 84.0 Å². The molecule has 36 heavy (non-hydrogen) atoms. The van der Waals surface area contributed by atoms with E-state index in [2.05, 4.69) is 21.3 Å². The second kappa shape index (κ2) is 14.4. The third-order valence-electron chi connectivity index (χ3n) is 7.20. The molecule has 0 aromatic heterocycles. The zero-order valence-corrected chi connectivity index (χ0v) is 23.1. The first-order valence-corrected chi connectivity index (χ1v) is 16.5. The standard InChI is InChI=1S/C25H43N4O5PS/c1-2-3-15-35(33,34)19-13-12-18(16-19)27-23(31)11-5-4-8-14-26-22(30)10-7-6-9-21-24-20(17-36-21)28-25(32)29-24/h16,18,20-21,24H,2-15,17H2,1H3,(H,26,30)(H,27,31)(H,33,34)(H2,28,29,32)/t18-,20-,21-,24-/m0/s1. The first-order valence-electron chi connectivity index (χ1n) is 13.6. The van der Waals surface area contributed by atoms with Gasteiger partial charge >= 0.3 is 6.03 Å². The third-order valence-corrected chi connectivity index (χ3v) is 10.9. The molecule has 1 unspecified atom stereocenters. The summed E-state index contributed by atoms with van der Waals surface area (Å²) in [5.74, 6) is 1.01. The Hall–Kier alpha value is -1.51. The van der Waals surface area contributed by atoms with Crippen LogP contribution in [0, 0.1) is 0 Å². The van der Waals surface area contributed by atoms with Gasteiger partial charge in [0.25, 0.3) is 0 Å². The van der Waals surface area contributed by atoms with Gasteiger partial charge in [-0.05, 0) is 44.9 Å². The molecule has 5 atom stereocenters. The number of fused-ring (bicyclic) bond motifs is 1. The maximum absolute atomic E-state index is 12.4. The Morgan fingerprint density at radius 3 is 2.69 bits per heavy atom. The highest BCUT2D eigenvalue weighted by Gasteiger charge is 2.42. The van der Waals surface area contributed by atoms with Crippen LogP contribution >= 0.6 is 19.1 Å². The number of allylic oxidation sites excluding steroid dienone is 1. The van der Waals surface area contributed by atoms with Gasteiger partial charge in [-0.15, -0.1) is 0 Å². The molecule has 204 valence electrons. The van der Waals surface area contributed by atoms with Gasteiger partial charge in [0, 0.05) is 47.9 Å². The summed E-state index contributed by atoms with van der Waals surface area (Å²) >= 11 is 1.90. The molecule has 2 saturated heterocycles. The van der Waals surface area contributed by atoms with Crippen LogP contribution in [0.2, 0.25) is 0 Å². The summed E-state index contributed by atoms with van der Waals surface area (Å²) in [6.07, 6.45) is 11.3. The molecule has 0 spiro atoms.